The molecule has 0 spiro atoms. The number of ether oxygens (including phenoxy) is 2. The number of benzene rings is 2. The summed E-state index contributed by atoms with van der Waals surface area (Å²) in [7, 11) is 0. The summed E-state index contributed by atoms with van der Waals surface area (Å²) in [6.45, 7) is 7.62. The minimum absolute atomic E-state index is 0.0473. The topological polar surface area (TPSA) is 99.5 Å². The zero-order valence-electron chi connectivity index (χ0n) is 20.1. The molecule has 0 amide bonds. The molecule has 0 saturated carbocycles. The highest BCUT2D eigenvalue weighted by atomic mass is 16.5. The number of fused-ring (bicyclic) bond motifs is 2. The van der Waals surface area contributed by atoms with Crippen molar-refractivity contribution in [2.45, 2.75) is 39.1 Å². The van der Waals surface area contributed by atoms with E-state index in [9.17, 15) is 19.8 Å². The summed E-state index contributed by atoms with van der Waals surface area (Å²) in [6.07, 6.45) is 0.775. The number of hydrogen-bond donors (Lipinski definition) is 2. The molecule has 0 aliphatic carbocycles. The van der Waals surface area contributed by atoms with Crippen LogP contribution < -0.4 is 0 Å². The second-order valence-electron chi connectivity index (χ2n) is 9.57. The molecule has 1 saturated heterocycles. The molecule has 3 aliphatic rings. The Bertz CT molecular complexity index is 1140. The fourth-order valence-electron chi connectivity index (χ4n) is 5.52. The van der Waals surface area contributed by atoms with E-state index in [0.29, 0.717) is 30.7 Å². The van der Waals surface area contributed by atoms with E-state index in [4.69, 9.17) is 9.47 Å². The average molecular weight is 481 g/mol. The van der Waals surface area contributed by atoms with Crippen LogP contribution in [0.2, 0.25) is 0 Å². The third-order valence-electron chi connectivity index (χ3n) is 7.62. The maximum atomic E-state index is 11.9. The highest BCUT2D eigenvalue weighted by Gasteiger charge is 2.28. The van der Waals surface area contributed by atoms with Crippen molar-refractivity contribution in [3.63, 3.8) is 0 Å². The number of nitrogens with zero attached hydrogens (tertiary/aromatic N) is 2. The number of β-amino-alcohol motifs (C(OH)–C–C–N with tert-alkyl or cyclic N) is 1. The van der Waals surface area contributed by atoms with E-state index in [-0.39, 0.29) is 25.2 Å². The number of carbonyl (C=O) groups excluding carboxylic acids is 2. The number of aliphatic hydroxyl groups excluding tert-OH is 2. The van der Waals surface area contributed by atoms with Crippen molar-refractivity contribution in [3.8, 4) is 0 Å². The van der Waals surface area contributed by atoms with Gasteiger partial charge in [-0.1, -0.05) is 12.1 Å². The fourth-order valence-corrected chi connectivity index (χ4v) is 5.52. The molecule has 0 bridgehead atoms. The first-order chi connectivity index (χ1) is 17.0. The average Bonchev–Trinajstić information content (AvgIpc) is 3.43. The van der Waals surface area contributed by atoms with Gasteiger partial charge in [-0.25, -0.2) is 9.59 Å². The van der Waals surface area contributed by atoms with E-state index in [1.807, 2.05) is 25.1 Å². The molecule has 1 fully saturated rings. The van der Waals surface area contributed by atoms with Gasteiger partial charge in [0.2, 0.25) is 0 Å². The molecule has 2 aromatic rings. The molecule has 0 unspecified atom stereocenters. The van der Waals surface area contributed by atoms with Gasteiger partial charge in [0.05, 0.1) is 17.2 Å². The lowest BCUT2D eigenvalue weighted by atomic mass is 9.93. The van der Waals surface area contributed by atoms with Crippen molar-refractivity contribution >= 4 is 11.9 Å². The van der Waals surface area contributed by atoms with Crippen molar-refractivity contribution < 1.29 is 29.3 Å². The molecule has 2 N–H and O–H groups in total. The van der Waals surface area contributed by atoms with Gasteiger partial charge in [0.1, 0.15) is 13.2 Å². The van der Waals surface area contributed by atoms with Gasteiger partial charge in [-0.05, 0) is 54.2 Å². The SMILES string of the molecule is Cc1c([C@@H](O)CN2CCN(CCc3ccc4c(c3CCO)COC4=O)CC2)ccc2c1COC2=O. The van der Waals surface area contributed by atoms with Crippen LogP contribution in [0.3, 0.4) is 0 Å². The maximum Gasteiger partial charge on any atom is 0.338 e. The molecule has 186 valence electrons. The number of hydrogen-bond acceptors (Lipinski definition) is 8. The van der Waals surface area contributed by atoms with Crippen LogP contribution in [-0.2, 0) is 35.5 Å². The van der Waals surface area contributed by atoms with Crippen LogP contribution >= 0.6 is 0 Å². The summed E-state index contributed by atoms with van der Waals surface area (Å²) < 4.78 is 10.3. The summed E-state index contributed by atoms with van der Waals surface area (Å²) in [6, 6.07) is 7.46. The molecule has 5 rings (SSSR count). The van der Waals surface area contributed by atoms with Crippen LogP contribution in [0.25, 0.3) is 0 Å². The van der Waals surface area contributed by atoms with Crippen molar-refractivity contribution in [1.82, 2.24) is 9.80 Å². The Morgan fingerprint density at radius 3 is 2.23 bits per heavy atom. The van der Waals surface area contributed by atoms with Gasteiger partial charge in [0.25, 0.3) is 0 Å². The first kappa shape index (κ1) is 23.9. The number of aliphatic hydroxyl groups is 2. The lowest BCUT2D eigenvalue weighted by Gasteiger charge is -2.36. The number of esters is 2. The summed E-state index contributed by atoms with van der Waals surface area (Å²) in [5.74, 6) is -0.564. The first-order valence-electron chi connectivity index (χ1n) is 12.3. The molecule has 8 nitrogen and oxygen atoms in total. The van der Waals surface area contributed by atoms with Gasteiger partial charge in [-0.2, -0.15) is 0 Å². The summed E-state index contributed by atoms with van der Waals surface area (Å²) >= 11 is 0. The van der Waals surface area contributed by atoms with Crippen molar-refractivity contribution in [2.75, 3.05) is 45.9 Å². The number of rotatable bonds is 8. The van der Waals surface area contributed by atoms with Crippen LogP contribution in [-0.4, -0.2) is 77.8 Å². The van der Waals surface area contributed by atoms with Crippen LogP contribution in [0.4, 0.5) is 0 Å². The first-order valence-corrected chi connectivity index (χ1v) is 12.3. The second-order valence-corrected chi connectivity index (χ2v) is 9.57. The molecular weight excluding hydrogens is 448 g/mol. The monoisotopic (exact) mass is 480 g/mol. The molecule has 8 heteroatoms. The Balaban J connectivity index is 1.15. The van der Waals surface area contributed by atoms with Gasteiger partial charge in [0.15, 0.2) is 0 Å². The Kier molecular flexibility index (Phi) is 6.88. The highest BCUT2D eigenvalue weighted by molar-refractivity contribution is 5.94. The second kappa shape index (κ2) is 10.1. The maximum absolute atomic E-state index is 11.9. The molecule has 3 aliphatic heterocycles. The smallest absolute Gasteiger partial charge is 0.338 e. The van der Waals surface area contributed by atoms with Crippen LogP contribution in [0.15, 0.2) is 24.3 Å². The predicted molar refractivity (Wildman–Crippen MR) is 128 cm³/mol. The molecular formula is C27H32N2O6. The third-order valence-corrected chi connectivity index (χ3v) is 7.62. The quantitative estimate of drug-likeness (QED) is 0.552. The van der Waals surface area contributed by atoms with Gasteiger partial charge < -0.3 is 24.6 Å². The molecule has 35 heavy (non-hydrogen) atoms. The molecule has 1 atom stereocenters. The molecule has 3 heterocycles. The van der Waals surface area contributed by atoms with Gasteiger partial charge >= 0.3 is 11.9 Å². The van der Waals surface area contributed by atoms with E-state index in [2.05, 4.69) is 9.80 Å². The number of cyclic esters (lactones) is 2. The Labute approximate surface area is 205 Å². The number of carbonyl (C=O) groups is 2. The van der Waals surface area contributed by atoms with Gasteiger partial charge in [0, 0.05) is 57.0 Å². The van der Waals surface area contributed by atoms with E-state index in [1.54, 1.807) is 6.07 Å². The third kappa shape index (κ3) is 4.71. The molecule has 0 aromatic heterocycles. The predicted octanol–water partition coefficient (Wildman–Crippen LogP) is 1.76. The summed E-state index contributed by atoms with van der Waals surface area (Å²) in [5.41, 5.74) is 7.08. The summed E-state index contributed by atoms with van der Waals surface area (Å²) in [4.78, 5) is 28.4. The molecule has 0 radical (unpaired) electrons. The van der Waals surface area contributed by atoms with Crippen molar-refractivity contribution in [1.29, 1.82) is 0 Å². The van der Waals surface area contributed by atoms with E-state index in [0.717, 1.165) is 67.0 Å². The largest absolute Gasteiger partial charge is 0.457 e. The van der Waals surface area contributed by atoms with E-state index < -0.39 is 6.10 Å². The number of piperazine rings is 1. The van der Waals surface area contributed by atoms with Crippen molar-refractivity contribution in [2.24, 2.45) is 0 Å². The Morgan fingerprint density at radius 2 is 1.51 bits per heavy atom. The van der Waals surface area contributed by atoms with Crippen molar-refractivity contribution in [3.05, 3.63) is 68.8 Å². The van der Waals surface area contributed by atoms with Gasteiger partial charge in [-0.15, -0.1) is 0 Å². The normalized spacial score (nSPS) is 18.8. The van der Waals surface area contributed by atoms with E-state index in [1.165, 1.54) is 5.56 Å². The van der Waals surface area contributed by atoms with Gasteiger partial charge in [-0.3, -0.25) is 4.90 Å². The molecule has 2 aromatic carbocycles. The van der Waals surface area contributed by atoms with E-state index >= 15 is 0 Å². The summed E-state index contributed by atoms with van der Waals surface area (Å²) in [5, 5.41) is 20.4. The van der Waals surface area contributed by atoms with Crippen LogP contribution in [0.1, 0.15) is 60.2 Å². The zero-order valence-corrected chi connectivity index (χ0v) is 20.1. The lowest BCUT2D eigenvalue weighted by molar-refractivity contribution is 0.0525. The zero-order chi connectivity index (χ0) is 24.5. The Hall–Kier alpha value is -2.78. The Morgan fingerprint density at radius 1 is 0.886 bits per heavy atom. The highest BCUT2D eigenvalue weighted by Crippen LogP contribution is 2.30. The van der Waals surface area contributed by atoms with Crippen LogP contribution in [0, 0.1) is 6.92 Å². The standard InChI is InChI=1S/C27H32N2O6/c1-17-19(4-5-21-23(17)15-34-26(21)32)25(31)14-29-11-9-28(10-12-29)8-6-18-2-3-22-24(16-35-27(22)33)20(18)7-13-30/h2-5,25,30-31H,6-16H2,1H3/t25-/m0/s1. The minimum Gasteiger partial charge on any atom is -0.457 e. The fraction of sp³-hybridized carbons (Fsp3) is 0.481. The van der Waals surface area contributed by atoms with Crippen LogP contribution in [0.5, 0.6) is 0 Å². The lowest BCUT2D eigenvalue weighted by Crippen LogP contribution is -2.48. The minimum atomic E-state index is -0.611.